The molecule has 0 aliphatic rings. The van der Waals surface area contributed by atoms with Crippen molar-refractivity contribution < 1.29 is 19.1 Å². The van der Waals surface area contributed by atoms with Gasteiger partial charge in [0.15, 0.2) is 6.61 Å². The SMILES string of the molecule is C=C(CC(=O)NCc1ccccc1)NNC(=O)COc1ccc(OC)cc1. The molecular formula is C20H23N3O4. The smallest absolute Gasteiger partial charge is 0.276 e. The molecule has 2 aromatic rings. The van der Waals surface area contributed by atoms with Gasteiger partial charge < -0.3 is 20.2 Å². The molecule has 7 nitrogen and oxygen atoms in total. The van der Waals surface area contributed by atoms with E-state index in [-0.39, 0.29) is 18.9 Å². The van der Waals surface area contributed by atoms with Crippen LogP contribution in [0.4, 0.5) is 0 Å². The van der Waals surface area contributed by atoms with Crippen LogP contribution in [0.2, 0.25) is 0 Å². The van der Waals surface area contributed by atoms with E-state index < -0.39 is 5.91 Å². The monoisotopic (exact) mass is 369 g/mol. The van der Waals surface area contributed by atoms with Crippen LogP contribution in [0.25, 0.3) is 0 Å². The average Bonchev–Trinajstić information content (AvgIpc) is 2.70. The van der Waals surface area contributed by atoms with Gasteiger partial charge in [-0.05, 0) is 29.8 Å². The Kier molecular flexibility index (Phi) is 7.71. The quantitative estimate of drug-likeness (QED) is 0.557. The third-order valence-corrected chi connectivity index (χ3v) is 3.51. The lowest BCUT2D eigenvalue weighted by Gasteiger charge is -2.12. The molecule has 0 heterocycles. The fourth-order valence-corrected chi connectivity index (χ4v) is 2.11. The molecule has 0 atom stereocenters. The highest BCUT2D eigenvalue weighted by Gasteiger charge is 2.07. The number of ether oxygens (including phenoxy) is 2. The molecule has 0 aliphatic carbocycles. The van der Waals surface area contributed by atoms with Crippen LogP contribution >= 0.6 is 0 Å². The topological polar surface area (TPSA) is 88.7 Å². The number of rotatable bonds is 10. The number of carbonyl (C=O) groups is 2. The Morgan fingerprint density at radius 3 is 2.26 bits per heavy atom. The first-order valence-electron chi connectivity index (χ1n) is 8.37. The molecule has 0 aromatic heterocycles. The summed E-state index contributed by atoms with van der Waals surface area (Å²) in [5.41, 5.74) is 6.43. The van der Waals surface area contributed by atoms with Crippen LogP contribution in [0.3, 0.4) is 0 Å². The summed E-state index contributed by atoms with van der Waals surface area (Å²) in [6.45, 7) is 3.98. The van der Waals surface area contributed by atoms with E-state index in [0.717, 1.165) is 5.56 Å². The lowest BCUT2D eigenvalue weighted by atomic mass is 10.2. The normalized spacial score (nSPS) is 9.81. The van der Waals surface area contributed by atoms with Crippen LogP contribution in [0.15, 0.2) is 66.9 Å². The predicted octanol–water partition coefficient (Wildman–Crippen LogP) is 1.91. The van der Waals surface area contributed by atoms with Gasteiger partial charge in [0.1, 0.15) is 11.5 Å². The van der Waals surface area contributed by atoms with E-state index in [1.54, 1.807) is 31.4 Å². The zero-order chi connectivity index (χ0) is 19.5. The highest BCUT2D eigenvalue weighted by Crippen LogP contribution is 2.16. The van der Waals surface area contributed by atoms with E-state index in [2.05, 4.69) is 22.7 Å². The first-order chi connectivity index (χ1) is 13.1. The van der Waals surface area contributed by atoms with E-state index >= 15 is 0 Å². The Balaban J connectivity index is 1.62. The Bertz CT molecular complexity index is 761. The van der Waals surface area contributed by atoms with Crippen molar-refractivity contribution in [2.75, 3.05) is 13.7 Å². The molecule has 2 amide bonds. The second-order valence-corrected chi connectivity index (χ2v) is 5.68. The van der Waals surface area contributed by atoms with E-state index in [4.69, 9.17) is 9.47 Å². The number of benzene rings is 2. The van der Waals surface area contributed by atoms with Crippen LogP contribution in [0.5, 0.6) is 11.5 Å². The first-order valence-corrected chi connectivity index (χ1v) is 8.37. The van der Waals surface area contributed by atoms with Crippen LogP contribution < -0.4 is 25.6 Å². The van der Waals surface area contributed by atoms with Crippen molar-refractivity contribution in [2.45, 2.75) is 13.0 Å². The molecule has 0 fully saturated rings. The molecule has 27 heavy (non-hydrogen) atoms. The molecule has 0 aliphatic heterocycles. The standard InChI is InChI=1S/C20H23N3O4/c1-15(12-19(24)21-13-16-6-4-3-5-7-16)22-23-20(25)14-27-18-10-8-17(26-2)9-11-18/h3-11,22H,1,12-14H2,2H3,(H,21,24)(H,23,25). The highest BCUT2D eigenvalue weighted by molar-refractivity contribution is 5.79. The maximum absolute atomic E-state index is 11.9. The van der Waals surface area contributed by atoms with Gasteiger partial charge in [0.2, 0.25) is 5.91 Å². The summed E-state index contributed by atoms with van der Waals surface area (Å²) in [5.74, 6) is 0.664. The molecule has 2 aromatic carbocycles. The van der Waals surface area contributed by atoms with Gasteiger partial charge in [0.05, 0.1) is 13.5 Å². The molecule has 3 N–H and O–H groups in total. The Morgan fingerprint density at radius 1 is 0.926 bits per heavy atom. The van der Waals surface area contributed by atoms with Gasteiger partial charge in [-0.15, -0.1) is 0 Å². The average molecular weight is 369 g/mol. The Hall–Kier alpha value is -3.48. The number of methoxy groups -OCH3 is 1. The molecule has 7 heteroatoms. The Morgan fingerprint density at radius 2 is 1.59 bits per heavy atom. The molecule has 0 bridgehead atoms. The van der Waals surface area contributed by atoms with E-state index in [1.165, 1.54) is 0 Å². The van der Waals surface area contributed by atoms with Gasteiger partial charge in [-0.2, -0.15) is 0 Å². The summed E-state index contributed by atoms with van der Waals surface area (Å²) in [6, 6.07) is 16.5. The van der Waals surface area contributed by atoms with Crippen molar-refractivity contribution in [3.05, 3.63) is 72.4 Å². The number of hydrogen-bond donors (Lipinski definition) is 3. The fourth-order valence-electron chi connectivity index (χ4n) is 2.11. The fraction of sp³-hybridized carbons (Fsp3) is 0.200. The van der Waals surface area contributed by atoms with Gasteiger partial charge in [-0.25, -0.2) is 0 Å². The minimum atomic E-state index is -0.392. The number of hydrogen-bond acceptors (Lipinski definition) is 5. The highest BCUT2D eigenvalue weighted by atomic mass is 16.5. The van der Waals surface area contributed by atoms with Gasteiger partial charge in [0, 0.05) is 12.2 Å². The molecule has 2 rings (SSSR count). The first kappa shape index (κ1) is 19.8. The summed E-state index contributed by atoms with van der Waals surface area (Å²) in [7, 11) is 1.57. The van der Waals surface area contributed by atoms with Crippen molar-refractivity contribution >= 4 is 11.8 Å². The lowest BCUT2D eigenvalue weighted by molar-refractivity contribution is -0.124. The zero-order valence-electron chi connectivity index (χ0n) is 15.2. The molecule has 0 saturated carbocycles. The second-order valence-electron chi connectivity index (χ2n) is 5.68. The third kappa shape index (κ3) is 7.52. The minimum Gasteiger partial charge on any atom is -0.497 e. The summed E-state index contributed by atoms with van der Waals surface area (Å²) in [4.78, 5) is 23.7. The van der Waals surface area contributed by atoms with Gasteiger partial charge in [-0.3, -0.25) is 15.0 Å². The third-order valence-electron chi connectivity index (χ3n) is 3.51. The molecule has 0 saturated heterocycles. The summed E-state index contributed by atoms with van der Waals surface area (Å²) >= 11 is 0. The van der Waals surface area contributed by atoms with Gasteiger partial charge in [-0.1, -0.05) is 36.9 Å². The van der Waals surface area contributed by atoms with Crippen LogP contribution in [0.1, 0.15) is 12.0 Å². The summed E-state index contributed by atoms with van der Waals surface area (Å²) in [5, 5.41) is 2.79. The van der Waals surface area contributed by atoms with Crippen molar-refractivity contribution in [1.29, 1.82) is 0 Å². The number of nitrogens with one attached hydrogen (secondary N) is 3. The maximum Gasteiger partial charge on any atom is 0.276 e. The number of hydrazine groups is 1. The molecule has 0 radical (unpaired) electrons. The van der Waals surface area contributed by atoms with Crippen molar-refractivity contribution in [3.63, 3.8) is 0 Å². The summed E-state index contributed by atoms with van der Waals surface area (Å²) < 4.78 is 10.4. The molecule has 0 spiro atoms. The van der Waals surface area contributed by atoms with Crippen LogP contribution in [-0.4, -0.2) is 25.5 Å². The Labute approximate surface area is 158 Å². The number of carbonyl (C=O) groups excluding carboxylic acids is 2. The largest absolute Gasteiger partial charge is 0.497 e. The summed E-state index contributed by atoms with van der Waals surface area (Å²) in [6.07, 6.45) is 0.0481. The van der Waals surface area contributed by atoms with E-state index in [9.17, 15) is 9.59 Å². The second kappa shape index (κ2) is 10.5. The zero-order valence-corrected chi connectivity index (χ0v) is 15.2. The van der Waals surface area contributed by atoms with Crippen LogP contribution in [-0.2, 0) is 16.1 Å². The molecular weight excluding hydrogens is 346 g/mol. The van der Waals surface area contributed by atoms with Crippen molar-refractivity contribution in [2.24, 2.45) is 0 Å². The molecule has 0 unspecified atom stereocenters. The minimum absolute atomic E-state index is 0.0481. The van der Waals surface area contributed by atoms with Crippen LogP contribution in [0, 0.1) is 0 Å². The van der Waals surface area contributed by atoms with E-state index in [0.29, 0.717) is 23.7 Å². The van der Waals surface area contributed by atoms with Gasteiger partial charge >= 0.3 is 0 Å². The van der Waals surface area contributed by atoms with Crippen molar-refractivity contribution in [3.8, 4) is 11.5 Å². The van der Waals surface area contributed by atoms with Gasteiger partial charge in [0.25, 0.3) is 5.91 Å². The lowest BCUT2D eigenvalue weighted by Crippen LogP contribution is -2.40. The van der Waals surface area contributed by atoms with E-state index in [1.807, 2.05) is 30.3 Å². The number of amides is 2. The van der Waals surface area contributed by atoms with Crippen molar-refractivity contribution in [1.82, 2.24) is 16.2 Å². The maximum atomic E-state index is 11.9. The predicted molar refractivity (Wildman–Crippen MR) is 102 cm³/mol. The molecule has 142 valence electrons.